The minimum absolute atomic E-state index is 0. The van der Waals surface area contributed by atoms with E-state index in [9.17, 15) is 22.8 Å². The van der Waals surface area contributed by atoms with Gasteiger partial charge in [-0.1, -0.05) is 24.3 Å². The van der Waals surface area contributed by atoms with Crippen LogP contribution in [0.5, 0.6) is 0 Å². The lowest BCUT2D eigenvalue weighted by Crippen LogP contribution is -2.47. The molecule has 1 aliphatic heterocycles. The third-order valence-electron chi connectivity index (χ3n) is 5.99. The van der Waals surface area contributed by atoms with Crippen LogP contribution in [0, 0.1) is 0 Å². The van der Waals surface area contributed by atoms with Crippen molar-refractivity contribution >= 4 is 48.0 Å². The van der Waals surface area contributed by atoms with Crippen molar-refractivity contribution in [2.45, 2.75) is 19.1 Å². The van der Waals surface area contributed by atoms with Crippen LogP contribution in [-0.4, -0.2) is 49.3 Å². The predicted molar refractivity (Wildman–Crippen MR) is 145 cm³/mol. The van der Waals surface area contributed by atoms with Crippen molar-refractivity contribution in [2.75, 3.05) is 36.0 Å². The summed E-state index contributed by atoms with van der Waals surface area (Å²) in [5, 5.41) is 3.18. The van der Waals surface area contributed by atoms with E-state index >= 15 is 0 Å². The van der Waals surface area contributed by atoms with E-state index in [-0.39, 0.29) is 46.5 Å². The molecule has 0 spiro atoms. The summed E-state index contributed by atoms with van der Waals surface area (Å²) in [5.41, 5.74) is 7.11. The highest BCUT2D eigenvalue weighted by Crippen LogP contribution is 2.37. The number of benzene rings is 2. The lowest BCUT2D eigenvalue weighted by atomic mass is 10.0. The van der Waals surface area contributed by atoms with E-state index in [0.717, 1.165) is 5.56 Å². The highest BCUT2D eigenvalue weighted by atomic mass is 35.5. The lowest BCUT2D eigenvalue weighted by molar-refractivity contribution is -0.122. The smallest absolute Gasteiger partial charge is 0.367 e. The summed E-state index contributed by atoms with van der Waals surface area (Å²) >= 11 is 0. The number of anilines is 2. The topological polar surface area (TPSA) is 91.6 Å². The number of pyridine rings is 1. The van der Waals surface area contributed by atoms with Gasteiger partial charge in [0.1, 0.15) is 0 Å². The number of nitrogens with one attached hydrogen (secondary N) is 1. The number of alkyl halides is 3. The fourth-order valence-electron chi connectivity index (χ4n) is 4.22. The van der Waals surface area contributed by atoms with Gasteiger partial charge in [-0.15, -0.1) is 38.0 Å². The molecule has 1 fully saturated rings. The predicted octanol–water partition coefficient (Wildman–Crippen LogP) is 4.39. The quantitative estimate of drug-likeness (QED) is 0.412. The van der Waals surface area contributed by atoms with Gasteiger partial charge in [0.05, 0.1) is 16.9 Å². The molecule has 3 aromatic rings. The standard InChI is InChI=1S/C26H26F3N5O2.2ClH/c27-26(28,29)34(23-7-2-1-6-22(23)33-12-10-31-11-13-33)25(36)20-5-3-4-18(14-20)8-9-19-15-21(24(30)35)17-32-16-19;;/h1-7,14-17,31H,8-13H2,(H2,30,35);2*1H. The molecule has 1 aliphatic rings. The van der Waals surface area contributed by atoms with Crippen LogP contribution < -0.4 is 20.9 Å². The molecule has 0 aliphatic carbocycles. The van der Waals surface area contributed by atoms with E-state index in [1.165, 1.54) is 30.5 Å². The summed E-state index contributed by atoms with van der Waals surface area (Å²) in [6, 6.07) is 13.9. The van der Waals surface area contributed by atoms with Gasteiger partial charge >= 0.3 is 6.30 Å². The number of amides is 2. The minimum Gasteiger partial charge on any atom is -0.367 e. The maximum atomic E-state index is 14.3. The van der Waals surface area contributed by atoms with Gasteiger partial charge in [-0.2, -0.15) is 0 Å². The number of piperazine rings is 1. The number of aromatic nitrogens is 1. The molecule has 2 heterocycles. The van der Waals surface area contributed by atoms with Crippen LogP contribution in [0.25, 0.3) is 0 Å². The Kier molecular flexibility index (Phi) is 10.9. The van der Waals surface area contributed by atoms with E-state index in [1.807, 2.05) is 4.90 Å². The Morgan fingerprint density at radius 1 is 0.921 bits per heavy atom. The largest absolute Gasteiger partial charge is 0.491 e. The average molecular weight is 570 g/mol. The second-order valence-corrected chi connectivity index (χ2v) is 8.48. The first kappa shape index (κ1) is 30.9. The second-order valence-electron chi connectivity index (χ2n) is 8.48. The van der Waals surface area contributed by atoms with Crippen LogP contribution in [0.3, 0.4) is 0 Å². The highest BCUT2D eigenvalue weighted by molar-refractivity contribution is 6.08. The van der Waals surface area contributed by atoms with Crippen molar-refractivity contribution in [1.82, 2.24) is 10.3 Å². The van der Waals surface area contributed by atoms with Crippen LogP contribution in [0.2, 0.25) is 0 Å². The van der Waals surface area contributed by atoms with Crippen molar-refractivity contribution in [1.29, 1.82) is 0 Å². The summed E-state index contributed by atoms with van der Waals surface area (Å²) in [7, 11) is 0. The van der Waals surface area contributed by atoms with Gasteiger partial charge in [0.25, 0.3) is 5.91 Å². The Balaban J connectivity index is 0.00000253. The molecule has 1 aromatic heterocycles. The zero-order chi connectivity index (χ0) is 25.7. The molecule has 0 bridgehead atoms. The number of carbonyl (C=O) groups is 2. The summed E-state index contributed by atoms with van der Waals surface area (Å²) in [4.78, 5) is 30.4. The maximum Gasteiger partial charge on any atom is 0.491 e. The molecule has 0 radical (unpaired) electrons. The Labute approximate surface area is 231 Å². The molecule has 38 heavy (non-hydrogen) atoms. The molecule has 2 amide bonds. The van der Waals surface area contributed by atoms with Crippen LogP contribution >= 0.6 is 24.8 Å². The van der Waals surface area contributed by atoms with E-state index in [1.54, 1.807) is 36.5 Å². The lowest BCUT2D eigenvalue weighted by Gasteiger charge is -2.34. The Morgan fingerprint density at radius 3 is 2.26 bits per heavy atom. The average Bonchev–Trinajstić information content (AvgIpc) is 2.88. The Bertz CT molecular complexity index is 1250. The number of carbonyl (C=O) groups excluding carboxylic acids is 2. The van der Waals surface area contributed by atoms with E-state index < -0.39 is 18.1 Å². The van der Waals surface area contributed by atoms with Crippen molar-refractivity contribution < 1.29 is 22.8 Å². The monoisotopic (exact) mass is 569 g/mol. The number of nitrogens with zero attached hydrogens (tertiary/aromatic N) is 3. The molecule has 4 rings (SSSR count). The molecule has 1 saturated heterocycles. The first-order chi connectivity index (χ1) is 17.2. The van der Waals surface area contributed by atoms with Crippen molar-refractivity contribution in [2.24, 2.45) is 5.73 Å². The molecular weight excluding hydrogens is 542 g/mol. The van der Waals surface area contributed by atoms with Gasteiger partial charge in [-0.25, -0.2) is 4.90 Å². The molecule has 7 nitrogen and oxygen atoms in total. The normalized spacial score (nSPS) is 13.2. The summed E-state index contributed by atoms with van der Waals surface area (Å²) in [6.07, 6.45) is -1.04. The maximum absolute atomic E-state index is 14.3. The molecule has 3 N–H and O–H groups in total. The number of nitrogens with two attached hydrogens (primary N) is 1. The first-order valence-electron chi connectivity index (χ1n) is 11.5. The van der Waals surface area contributed by atoms with Gasteiger partial charge in [-0.05, 0) is 54.3 Å². The second kappa shape index (κ2) is 13.5. The Morgan fingerprint density at radius 2 is 1.58 bits per heavy atom. The van der Waals surface area contributed by atoms with Crippen LogP contribution in [-0.2, 0) is 12.8 Å². The molecule has 12 heteroatoms. The number of para-hydroxylation sites is 2. The van der Waals surface area contributed by atoms with Gasteiger partial charge in [0, 0.05) is 44.1 Å². The number of hydrogen-bond donors (Lipinski definition) is 2. The molecule has 0 unspecified atom stereocenters. The summed E-state index contributed by atoms with van der Waals surface area (Å²) in [5.74, 6) is -1.74. The van der Waals surface area contributed by atoms with Gasteiger partial charge in [0.15, 0.2) is 0 Å². The number of primary amides is 1. The van der Waals surface area contributed by atoms with Gasteiger partial charge < -0.3 is 16.0 Å². The first-order valence-corrected chi connectivity index (χ1v) is 11.5. The van der Waals surface area contributed by atoms with Crippen LogP contribution in [0.1, 0.15) is 31.8 Å². The fraction of sp³-hybridized carbons (Fsp3) is 0.269. The molecule has 0 saturated carbocycles. The van der Waals surface area contributed by atoms with E-state index in [4.69, 9.17) is 5.73 Å². The number of rotatable bonds is 7. The SMILES string of the molecule is Cl.Cl.NC(=O)c1cncc(CCc2cccc(C(=O)N(c3ccccc3N3CCNCC3)C(F)(F)F)c2)c1. The van der Waals surface area contributed by atoms with Gasteiger partial charge in [0.2, 0.25) is 5.91 Å². The summed E-state index contributed by atoms with van der Waals surface area (Å²) < 4.78 is 42.9. The number of hydrogen-bond acceptors (Lipinski definition) is 5. The van der Waals surface area contributed by atoms with E-state index in [2.05, 4.69) is 10.3 Å². The number of aryl methyl sites for hydroxylation is 2. The zero-order valence-electron chi connectivity index (χ0n) is 20.3. The third kappa shape index (κ3) is 7.37. The molecular formula is C26H28Cl2F3N5O2. The summed E-state index contributed by atoms with van der Waals surface area (Å²) in [6.45, 7) is 2.37. The van der Waals surface area contributed by atoms with Crippen LogP contribution in [0.4, 0.5) is 24.5 Å². The van der Waals surface area contributed by atoms with Gasteiger partial charge in [-0.3, -0.25) is 14.6 Å². The van der Waals surface area contributed by atoms with Crippen molar-refractivity contribution in [3.05, 3.63) is 89.2 Å². The Hall–Kier alpha value is -3.34. The number of halogens is 5. The fourth-order valence-corrected chi connectivity index (χ4v) is 4.22. The van der Waals surface area contributed by atoms with E-state index in [0.29, 0.717) is 50.3 Å². The molecule has 2 aromatic carbocycles. The minimum atomic E-state index is -4.92. The van der Waals surface area contributed by atoms with Crippen molar-refractivity contribution in [3.8, 4) is 0 Å². The highest BCUT2D eigenvalue weighted by Gasteiger charge is 2.44. The third-order valence-corrected chi connectivity index (χ3v) is 5.99. The van der Waals surface area contributed by atoms with Crippen LogP contribution in [0.15, 0.2) is 67.0 Å². The zero-order valence-corrected chi connectivity index (χ0v) is 21.9. The van der Waals surface area contributed by atoms with Crippen molar-refractivity contribution in [3.63, 3.8) is 0 Å². The molecule has 204 valence electrons. The molecule has 0 atom stereocenters.